The zero-order chi connectivity index (χ0) is 29.7. The molecule has 0 atom stereocenters. The Bertz CT molecular complexity index is 887. The van der Waals surface area contributed by atoms with Gasteiger partial charge in [0.05, 0.1) is 24.4 Å². The molecule has 0 aromatic carbocycles. The van der Waals surface area contributed by atoms with Gasteiger partial charge in [0.2, 0.25) is 0 Å². The van der Waals surface area contributed by atoms with Gasteiger partial charge in [-0.2, -0.15) is 0 Å². The molecular formula is C29H55NO6P2. The van der Waals surface area contributed by atoms with Gasteiger partial charge in [0.25, 0.3) is 0 Å². The standard InChI is InChI=1S/C29H55NO6P2/c1-15-28(11,12)25-17-24(18-26(30-25)29(13,14)16-2)19-27(37(31,33-20(3)4)34-21(5)6)38(32,35-22(7)8)36-23(9)10/h17-18,20-23,27H,15-16,19H2,1-14H3. The molecule has 0 bridgehead atoms. The number of hydrogen-bond acceptors (Lipinski definition) is 7. The Hall–Kier alpha value is -0.550. The van der Waals surface area contributed by atoms with Crippen LogP contribution < -0.4 is 0 Å². The molecule has 1 heterocycles. The van der Waals surface area contributed by atoms with Crippen LogP contribution in [-0.2, 0) is 44.5 Å². The van der Waals surface area contributed by atoms with E-state index >= 15 is 0 Å². The maximum absolute atomic E-state index is 14.6. The Kier molecular flexibility index (Phi) is 13.0. The first kappa shape index (κ1) is 35.5. The third-order valence-electron chi connectivity index (χ3n) is 6.62. The van der Waals surface area contributed by atoms with Gasteiger partial charge in [-0.25, -0.2) is 0 Å². The fraction of sp³-hybridized carbons (Fsp3) is 0.828. The fourth-order valence-electron chi connectivity index (χ4n) is 3.87. The van der Waals surface area contributed by atoms with Crippen LogP contribution in [0, 0.1) is 0 Å². The molecule has 0 aliphatic heterocycles. The van der Waals surface area contributed by atoms with Crippen molar-refractivity contribution in [3.63, 3.8) is 0 Å². The van der Waals surface area contributed by atoms with Crippen LogP contribution in [0.25, 0.3) is 0 Å². The number of aromatic nitrogens is 1. The summed E-state index contributed by atoms with van der Waals surface area (Å²) in [5.74, 6) is 0. The van der Waals surface area contributed by atoms with Crippen LogP contribution in [-0.4, -0.2) is 34.8 Å². The van der Waals surface area contributed by atoms with E-state index in [1.807, 2.05) is 12.1 Å². The van der Waals surface area contributed by atoms with Crippen molar-refractivity contribution in [1.29, 1.82) is 0 Å². The van der Waals surface area contributed by atoms with Crippen molar-refractivity contribution in [2.75, 3.05) is 0 Å². The average molecular weight is 576 g/mol. The first-order chi connectivity index (χ1) is 17.2. The Morgan fingerprint density at radius 3 is 1.18 bits per heavy atom. The largest absolute Gasteiger partial charge is 0.346 e. The quantitative estimate of drug-likeness (QED) is 0.182. The van der Waals surface area contributed by atoms with Crippen molar-refractivity contribution in [3.8, 4) is 0 Å². The van der Waals surface area contributed by atoms with Crippen molar-refractivity contribution in [1.82, 2.24) is 4.98 Å². The van der Waals surface area contributed by atoms with Gasteiger partial charge in [0.15, 0.2) is 5.40 Å². The maximum atomic E-state index is 14.6. The molecule has 0 fully saturated rings. The molecule has 1 aromatic heterocycles. The molecule has 0 unspecified atom stereocenters. The summed E-state index contributed by atoms with van der Waals surface area (Å²) < 4.78 is 53.3. The second-order valence-electron chi connectivity index (χ2n) is 12.6. The Morgan fingerprint density at radius 2 is 0.947 bits per heavy atom. The highest BCUT2D eigenvalue weighted by Crippen LogP contribution is 2.72. The molecule has 0 saturated carbocycles. The summed E-state index contributed by atoms with van der Waals surface area (Å²) in [6, 6.07) is 4.08. The van der Waals surface area contributed by atoms with Gasteiger partial charge in [-0.15, -0.1) is 0 Å². The molecule has 0 radical (unpaired) electrons. The zero-order valence-electron chi connectivity index (χ0n) is 26.5. The number of pyridine rings is 1. The van der Waals surface area contributed by atoms with Crippen LogP contribution in [0.3, 0.4) is 0 Å². The highest BCUT2D eigenvalue weighted by Gasteiger charge is 2.53. The van der Waals surface area contributed by atoms with Gasteiger partial charge in [0.1, 0.15) is 0 Å². The lowest BCUT2D eigenvalue weighted by molar-refractivity contribution is 0.122. The molecule has 222 valence electrons. The summed E-state index contributed by atoms with van der Waals surface area (Å²) in [5.41, 5.74) is 2.40. The van der Waals surface area contributed by atoms with Gasteiger partial charge < -0.3 is 18.1 Å². The highest BCUT2D eigenvalue weighted by molar-refractivity contribution is 7.72. The number of hydrogen-bond donors (Lipinski definition) is 0. The van der Waals surface area contributed by atoms with Crippen LogP contribution in [0.2, 0.25) is 0 Å². The van der Waals surface area contributed by atoms with Crippen molar-refractivity contribution in [2.24, 2.45) is 0 Å². The van der Waals surface area contributed by atoms with Gasteiger partial charge in [-0.3, -0.25) is 14.1 Å². The van der Waals surface area contributed by atoms with Gasteiger partial charge in [0, 0.05) is 22.2 Å². The van der Waals surface area contributed by atoms with E-state index in [1.54, 1.807) is 55.4 Å². The van der Waals surface area contributed by atoms with Crippen molar-refractivity contribution in [3.05, 3.63) is 29.1 Å². The van der Waals surface area contributed by atoms with Crippen molar-refractivity contribution in [2.45, 2.75) is 157 Å². The smallest absolute Gasteiger partial charge is 0.305 e. The minimum Gasteiger partial charge on any atom is -0.305 e. The molecule has 0 spiro atoms. The van der Waals surface area contributed by atoms with Crippen LogP contribution in [0.15, 0.2) is 12.1 Å². The van der Waals surface area contributed by atoms with E-state index in [1.165, 1.54) is 0 Å². The van der Waals surface area contributed by atoms with E-state index in [9.17, 15) is 9.13 Å². The minimum atomic E-state index is -4.00. The lowest BCUT2D eigenvalue weighted by atomic mass is 9.81. The Morgan fingerprint density at radius 1 is 0.658 bits per heavy atom. The van der Waals surface area contributed by atoms with Crippen molar-refractivity contribution >= 4 is 15.2 Å². The third-order valence-corrected chi connectivity index (χ3v) is 13.0. The summed E-state index contributed by atoms with van der Waals surface area (Å²) in [6.45, 7) is 27.3. The molecular weight excluding hydrogens is 520 g/mol. The SMILES string of the molecule is CCC(C)(C)c1cc(CC(P(=O)(OC(C)C)OC(C)C)P(=O)(OC(C)C)OC(C)C)cc(C(C)(C)CC)n1. The van der Waals surface area contributed by atoms with Gasteiger partial charge in [-0.05, 0) is 92.3 Å². The molecule has 7 nitrogen and oxygen atoms in total. The Labute approximate surface area is 233 Å². The summed E-state index contributed by atoms with van der Waals surface area (Å²) in [5, 5.41) is -1.15. The van der Waals surface area contributed by atoms with E-state index in [0.29, 0.717) is 0 Å². The molecule has 9 heteroatoms. The molecule has 0 amide bonds. The predicted molar refractivity (Wildman–Crippen MR) is 158 cm³/mol. The van der Waals surface area contributed by atoms with E-state index < -0.39 is 45.0 Å². The summed E-state index contributed by atoms with van der Waals surface area (Å²) in [6.07, 6.45) is 0.247. The van der Waals surface area contributed by atoms with Crippen LogP contribution in [0.4, 0.5) is 0 Å². The molecule has 38 heavy (non-hydrogen) atoms. The van der Waals surface area contributed by atoms with Gasteiger partial charge in [-0.1, -0.05) is 41.5 Å². The molecule has 0 N–H and O–H groups in total. The molecule has 0 saturated heterocycles. The first-order valence-electron chi connectivity index (χ1n) is 14.2. The summed E-state index contributed by atoms with van der Waals surface area (Å²) in [7, 11) is -8.00. The summed E-state index contributed by atoms with van der Waals surface area (Å²) >= 11 is 0. The number of nitrogens with zero attached hydrogens (tertiary/aromatic N) is 1. The monoisotopic (exact) mass is 575 g/mol. The maximum Gasteiger partial charge on any atom is 0.346 e. The van der Waals surface area contributed by atoms with E-state index in [4.69, 9.17) is 23.1 Å². The van der Waals surface area contributed by atoms with Crippen LogP contribution >= 0.6 is 15.2 Å². The molecule has 0 aliphatic rings. The fourth-order valence-corrected chi connectivity index (χ4v) is 9.79. The highest BCUT2D eigenvalue weighted by atomic mass is 31.2. The lowest BCUT2D eigenvalue weighted by Crippen LogP contribution is -2.27. The molecule has 1 aromatic rings. The molecule has 0 aliphatic carbocycles. The second-order valence-corrected chi connectivity index (χ2v) is 17.3. The van der Waals surface area contributed by atoms with E-state index in [2.05, 4.69) is 41.5 Å². The normalized spacial score (nSPS) is 14.1. The van der Waals surface area contributed by atoms with Crippen LogP contribution in [0.5, 0.6) is 0 Å². The summed E-state index contributed by atoms with van der Waals surface area (Å²) in [4.78, 5) is 5.08. The topological polar surface area (TPSA) is 84.0 Å². The van der Waals surface area contributed by atoms with Gasteiger partial charge >= 0.3 is 15.2 Å². The second kappa shape index (κ2) is 13.9. The van der Waals surface area contributed by atoms with Crippen LogP contribution in [0.1, 0.15) is 127 Å². The molecule has 1 rings (SSSR count). The predicted octanol–water partition coefficient (Wildman–Crippen LogP) is 9.41. The third kappa shape index (κ3) is 9.82. The average Bonchev–Trinajstić information content (AvgIpc) is 2.74. The lowest BCUT2D eigenvalue weighted by Gasteiger charge is -2.36. The zero-order valence-corrected chi connectivity index (χ0v) is 28.2. The minimum absolute atomic E-state index is 0.134. The number of rotatable bonds is 16. The Balaban J connectivity index is 3.99. The van der Waals surface area contributed by atoms with E-state index in [-0.39, 0.29) is 17.3 Å². The van der Waals surface area contributed by atoms with E-state index in [0.717, 1.165) is 29.8 Å². The first-order valence-corrected chi connectivity index (χ1v) is 17.4. The van der Waals surface area contributed by atoms with Crippen molar-refractivity contribution < 1.29 is 27.2 Å².